The third kappa shape index (κ3) is 7.28. The summed E-state index contributed by atoms with van der Waals surface area (Å²) in [5.41, 5.74) is 7.41. The van der Waals surface area contributed by atoms with Crippen LogP contribution in [-0.4, -0.2) is 21.1 Å². The summed E-state index contributed by atoms with van der Waals surface area (Å²) in [5.74, 6) is -1.73. The molecule has 0 saturated heterocycles. The highest BCUT2D eigenvalue weighted by atomic mass is 19.1. The van der Waals surface area contributed by atoms with Crippen molar-refractivity contribution in [1.82, 2.24) is 9.55 Å². The third-order valence-corrected chi connectivity index (χ3v) is 9.35. The number of H-pyrrole nitrogens is 1. The highest BCUT2D eigenvalue weighted by molar-refractivity contribution is 6.11. The van der Waals surface area contributed by atoms with Gasteiger partial charge in [0.1, 0.15) is 11.6 Å². The molecule has 0 saturated carbocycles. The quantitative estimate of drug-likeness (QED) is 0.176. The van der Waals surface area contributed by atoms with Crippen molar-refractivity contribution in [3.8, 4) is 0 Å². The zero-order valence-corrected chi connectivity index (χ0v) is 29.4. The average molecular weight is 695 g/mol. The van der Waals surface area contributed by atoms with E-state index in [0.717, 1.165) is 39.4 Å². The van der Waals surface area contributed by atoms with Crippen molar-refractivity contribution in [2.75, 3.05) is 0 Å². The highest BCUT2D eigenvalue weighted by Crippen LogP contribution is 2.20. The van der Waals surface area contributed by atoms with E-state index in [4.69, 9.17) is 0 Å². The van der Waals surface area contributed by atoms with E-state index in [1.807, 2.05) is 69.5 Å². The number of carbonyl (C=O) groups is 2. The number of fused-ring (bicyclic) bond motifs is 2. The van der Waals surface area contributed by atoms with E-state index in [9.17, 15) is 28.0 Å². The second kappa shape index (κ2) is 14.5. The van der Waals surface area contributed by atoms with Crippen LogP contribution >= 0.6 is 0 Å². The van der Waals surface area contributed by atoms with Gasteiger partial charge in [0.15, 0.2) is 11.6 Å². The van der Waals surface area contributed by atoms with E-state index in [0.29, 0.717) is 28.7 Å². The third-order valence-electron chi connectivity index (χ3n) is 9.35. The normalized spacial score (nSPS) is 11.0. The van der Waals surface area contributed by atoms with Gasteiger partial charge in [-0.05, 0) is 111 Å². The monoisotopic (exact) mass is 694 g/mol. The van der Waals surface area contributed by atoms with E-state index in [1.54, 1.807) is 36.5 Å². The van der Waals surface area contributed by atoms with Crippen LogP contribution in [-0.2, 0) is 6.54 Å². The first kappa shape index (κ1) is 35.5. The largest absolute Gasteiger partial charge is 0.360 e. The molecule has 0 unspecified atom stereocenters. The summed E-state index contributed by atoms with van der Waals surface area (Å²) in [6.45, 7) is 10.2. The standard InChI is InChI=1S/C26H22FNO2.C18H14FNO2/c1-16-5-4-6-19(11-16)14-28-15-23(25(29)20-8-7-17(2)18(3)12-20)26(30)22-13-21(27)9-10-24(22)28;1-10-3-4-12(7-11(10)2)17(21)15-9-20-16-6-5-13(19)8-14(16)18(15)22/h4-13,15H,14H2,1-3H3;3-9H,1-2H3,(H,20,22). The molecule has 0 amide bonds. The molecule has 0 atom stereocenters. The molecule has 52 heavy (non-hydrogen) atoms. The van der Waals surface area contributed by atoms with Gasteiger partial charge in [0.2, 0.25) is 10.9 Å². The molecule has 260 valence electrons. The number of carbonyl (C=O) groups excluding carboxylic acids is 2. The molecule has 0 aliphatic rings. The summed E-state index contributed by atoms with van der Waals surface area (Å²) in [7, 11) is 0. The lowest BCUT2D eigenvalue weighted by atomic mass is 9.98. The van der Waals surface area contributed by atoms with Crippen LogP contribution in [0.1, 0.15) is 65.2 Å². The van der Waals surface area contributed by atoms with Crippen molar-refractivity contribution < 1.29 is 18.4 Å². The Kier molecular flexibility index (Phi) is 9.93. The number of hydrogen-bond acceptors (Lipinski definition) is 4. The highest BCUT2D eigenvalue weighted by Gasteiger charge is 2.19. The van der Waals surface area contributed by atoms with Crippen LogP contribution in [0.3, 0.4) is 0 Å². The van der Waals surface area contributed by atoms with Crippen LogP contribution in [0.4, 0.5) is 8.78 Å². The lowest BCUT2D eigenvalue weighted by molar-refractivity contribution is 0.102. The van der Waals surface area contributed by atoms with Crippen molar-refractivity contribution in [3.63, 3.8) is 0 Å². The Morgan fingerprint density at radius 3 is 1.81 bits per heavy atom. The number of rotatable bonds is 6. The second-order valence-corrected chi connectivity index (χ2v) is 13.1. The molecule has 5 aromatic carbocycles. The molecule has 2 heterocycles. The van der Waals surface area contributed by atoms with Crippen molar-refractivity contribution in [3.05, 3.63) is 197 Å². The Morgan fingerprint density at radius 2 is 1.19 bits per heavy atom. The minimum atomic E-state index is -0.506. The Labute approximate surface area is 299 Å². The molecule has 0 aliphatic heterocycles. The van der Waals surface area contributed by atoms with Crippen LogP contribution < -0.4 is 10.9 Å². The summed E-state index contributed by atoms with van der Waals surface area (Å²) in [6, 6.07) is 26.7. The van der Waals surface area contributed by atoms with Crippen molar-refractivity contribution in [2.45, 2.75) is 41.2 Å². The van der Waals surface area contributed by atoms with Gasteiger partial charge in [0, 0.05) is 46.4 Å². The topological polar surface area (TPSA) is 89.0 Å². The number of nitrogens with one attached hydrogen (secondary N) is 1. The number of hydrogen-bond donors (Lipinski definition) is 1. The first-order valence-corrected chi connectivity index (χ1v) is 16.7. The Morgan fingerprint density at radius 1 is 0.615 bits per heavy atom. The molecule has 0 radical (unpaired) electrons. The summed E-state index contributed by atoms with van der Waals surface area (Å²) in [6.07, 6.45) is 2.99. The molecule has 1 N–H and O–H groups in total. The molecule has 7 rings (SSSR count). The van der Waals surface area contributed by atoms with Crippen LogP contribution in [0.25, 0.3) is 21.8 Å². The van der Waals surface area contributed by atoms with Gasteiger partial charge >= 0.3 is 0 Å². The van der Waals surface area contributed by atoms with E-state index < -0.39 is 22.5 Å². The summed E-state index contributed by atoms with van der Waals surface area (Å²) < 4.78 is 29.1. The smallest absolute Gasteiger partial charge is 0.200 e. The van der Waals surface area contributed by atoms with Crippen LogP contribution in [0.2, 0.25) is 0 Å². The molecule has 0 spiro atoms. The van der Waals surface area contributed by atoms with Crippen LogP contribution in [0.15, 0.2) is 119 Å². The van der Waals surface area contributed by atoms with Gasteiger partial charge in [-0.15, -0.1) is 0 Å². The first-order valence-electron chi connectivity index (χ1n) is 16.7. The zero-order chi connectivity index (χ0) is 37.3. The maximum absolute atomic E-state index is 13.9. The van der Waals surface area contributed by atoms with Crippen LogP contribution in [0.5, 0.6) is 0 Å². The van der Waals surface area contributed by atoms with E-state index in [-0.39, 0.29) is 33.5 Å². The molecular formula is C44H36F2N2O4. The van der Waals surface area contributed by atoms with E-state index in [1.165, 1.54) is 30.5 Å². The Bertz CT molecular complexity index is 2670. The van der Waals surface area contributed by atoms with E-state index >= 15 is 0 Å². The van der Waals surface area contributed by atoms with E-state index in [2.05, 4.69) is 11.1 Å². The molecule has 0 fully saturated rings. The maximum atomic E-state index is 13.9. The lowest BCUT2D eigenvalue weighted by Gasteiger charge is -2.14. The SMILES string of the molecule is Cc1ccc(C(=O)c2c[nH]c3ccc(F)cc3c2=O)cc1C.Cc1cccc(Cn2cc(C(=O)c3ccc(C)c(C)c3)c(=O)c3cc(F)ccc32)c1. The number of halogens is 2. The van der Waals surface area contributed by atoms with Crippen LogP contribution in [0, 0.1) is 46.3 Å². The predicted molar refractivity (Wildman–Crippen MR) is 202 cm³/mol. The lowest BCUT2D eigenvalue weighted by Crippen LogP contribution is -2.20. The molecule has 6 nitrogen and oxygen atoms in total. The average Bonchev–Trinajstić information content (AvgIpc) is 3.12. The molecule has 8 heteroatoms. The molecular weight excluding hydrogens is 658 g/mol. The fourth-order valence-electron chi connectivity index (χ4n) is 6.11. The number of benzene rings is 5. The van der Waals surface area contributed by atoms with Gasteiger partial charge in [0.05, 0.1) is 16.6 Å². The summed E-state index contributed by atoms with van der Waals surface area (Å²) in [5, 5.41) is 0.382. The van der Waals surface area contributed by atoms with Gasteiger partial charge in [-0.2, -0.15) is 0 Å². The van der Waals surface area contributed by atoms with Gasteiger partial charge in [0.25, 0.3) is 0 Å². The minimum absolute atomic E-state index is 0.0151. The first-order chi connectivity index (χ1) is 24.8. The fourth-order valence-corrected chi connectivity index (χ4v) is 6.11. The van der Waals surface area contributed by atoms with Gasteiger partial charge in [-0.1, -0.05) is 54.1 Å². The second-order valence-electron chi connectivity index (χ2n) is 13.1. The number of pyridine rings is 2. The zero-order valence-electron chi connectivity index (χ0n) is 29.4. The summed E-state index contributed by atoms with van der Waals surface area (Å²) >= 11 is 0. The van der Waals surface area contributed by atoms with Gasteiger partial charge in [-0.3, -0.25) is 19.2 Å². The molecule has 2 aromatic heterocycles. The predicted octanol–water partition coefficient (Wildman–Crippen LogP) is 8.86. The minimum Gasteiger partial charge on any atom is -0.360 e. The summed E-state index contributed by atoms with van der Waals surface area (Å²) in [4.78, 5) is 54.2. The Balaban J connectivity index is 0.000000187. The Hall–Kier alpha value is -6.28. The van der Waals surface area contributed by atoms with Crippen molar-refractivity contribution in [2.24, 2.45) is 0 Å². The van der Waals surface area contributed by atoms with Crippen molar-refractivity contribution >= 4 is 33.4 Å². The van der Waals surface area contributed by atoms with Gasteiger partial charge < -0.3 is 9.55 Å². The number of aromatic nitrogens is 2. The van der Waals surface area contributed by atoms with Crippen molar-refractivity contribution in [1.29, 1.82) is 0 Å². The number of nitrogens with zero attached hydrogens (tertiary/aromatic N) is 1. The number of ketones is 2. The fraction of sp³-hybridized carbons (Fsp3) is 0.136. The molecule has 0 aliphatic carbocycles. The molecule has 0 bridgehead atoms. The molecule has 7 aromatic rings. The maximum Gasteiger partial charge on any atom is 0.200 e. The van der Waals surface area contributed by atoms with Gasteiger partial charge in [-0.25, -0.2) is 8.78 Å². The number of aryl methyl sites for hydroxylation is 5. The number of aromatic amines is 1.